The van der Waals surface area contributed by atoms with Gasteiger partial charge in [-0.3, -0.25) is 14.4 Å². The molecule has 1 atom stereocenters. The molecular weight excluding hydrogens is 997 g/mol. The van der Waals surface area contributed by atoms with E-state index in [0.717, 1.165) is 96.3 Å². The number of ether oxygens (including phenoxy) is 3. The van der Waals surface area contributed by atoms with Gasteiger partial charge in [-0.05, 0) is 70.6 Å². The van der Waals surface area contributed by atoms with Gasteiger partial charge in [-0.1, -0.05) is 351 Å². The number of hydrogen-bond acceptors (Lipinski definition) is 6. The first kappa shape index (κ1) is 77.9. The minimum atomic E-state index is -0.772. The van der Waals surface area contributed by atoms with Gasteiger partial charge in [0.1, 0.15) is 13.2 Å². The van der Waals surface area contributed by atoms with Crippen molar-refractivity contribution in [3.8, 4) is 0 Å². The zero-order chi connectivity index (χ0) is 58.5. The van der Waals surface area contributed by atoms with Crippen LogP contribution < -0.4 is 0 Å². The van der Waals surface area contributed by atoms with Gasteiger partial charge in [0.2, 0.25) is 0 Å². The highest BCUT2D eigenvalue weighted by molar-refractivity contribution is 5.71. The van der Waals surface area contributed by atoms with E-state index in [9.17, 15) is 14.4 Å². The summed E-state index contributed by atoms with van der Waals surface area (Å²) in [5.74, 6) is -0.848. The summed E-state index contributed by atoms with van der Waals surface area (Å²) in [5.41, 5.74) is 0. The zero-order valence-corrected chi connectivity index (χ0v) is 54.1. The summed E-state index contributed by atoms with van der Waals surface area (Å²) in [7, 11) is 0. The summed E-state index contributed by atoms with van der Waals surface area (Å²) in [6.45, 7) is 6.58. The molecule has 81 heavy (non-hydrogen) atoms. The number of rotatable bonds is 65. The minimum absolute atomic E-state index is 0.0692. The molecule has 470 valence electrons. The van der Waals surface area contributed by atoms with E-state index in [1.807, 2.05) is 0 Å². The van der Waals surface area contributed by atoms with Crippen LogP contribution in [0.3, 0.4) is 0 Å². The minimum Gasteiger partial charge on any atom is -0.462 e. The molecule has 0 spiro atoms. The van der Waals surface area contributed by atoms with Crippen LogP contribution in [0.2, 0.25) is 0 Å². The quantitative estimate of drug-likeness (QED) is 0.0261. The first-order valence-corrected chi connectivity index (χ1v) is 35.4. The van der Waals surface area contributed by atoms with Gasteiger partial charge in [-0.15, -0.1) is 0 Å². The molecule has 0 aromatic carbocycles. The largest absolute Gasteiger partial charge is 0.462 e. The Kier molecular flexibility index (Phi) is 66.6. The molecular formula is C75H134O6. The third kappa shape index (κ3) is 67.5. The lowest BCUT2D eigenvalue weighted by atomic mass is 10.0. The van der Waals surface area contributed by atoms with Gasteiger partial charge in [-0.2, -0.15) is 0 Å². The highest BCUT2D eigenvalue weighted by atomic mass is 16.6. The molecule has 0 aromatic rings. The summed E-state index contributed by atoms with van der Waals surface area (Å²) in [5, 5.41) is 0. The van der Waals surface area contributed by atoms with E-state index < -0.39 is 6.10 Å². The molecule has 1 unspecified atom stereocenters. The predicted octanol–water partition coefficient (Wildman–Crippen LogP) is 24.4. The molecule has 0 bridgehead atoms. The third-order valence-corrected chi connectivity index (χ3v) is 15.7. The zero-order valence-electron chi connectivity index (χ0n) is 54.1. The van der Waals surface area contributed by atoms with Gasteiger partial charge in [0.05, 0.1) is 0 Å². The second-order valence-corrected chi connectivity index (χ2v) is 23.8. The Bertz CT molecular complexity index is 1490. The molecule has 0 amide bonds. The summed E-state index contributed by atoms with van der Waals surface area (Å²) >= 11 is 0. The van der Waals surface area contributed by atoms with E-state index in [4.69, 9.17) is 14.2 Å². The van der Waals surface area contributed by atoms with Crippen LogP contribution in [0.1, 0.15) is 367 Å². The maximum atomic E-state index is 12.9. The standard InChI is InChI=1S/C75H134O6/c1-4-7-10-13-16-19-22-24-26-28-30-32-33-34-35-36-37-38-39-40-41-43-44-46-48-50-53-56-59-62-65-68-74(77)80-71-72(70-79-73(76)67-64-61-58-55-52-21-18-15-12-9-6-3)81-75(78)69-66-63-60-57-54-51-49-47-45-42-31-29-27-25-23-20-17-14-11-8-5-2/h7,10,16,19,24,26,30,32,34-35,37-38,72H,4-6,8-9,11-15,17-18,20-23,25,27-29,31,33,36,39-71H2,1-3H3/b10-7-,19-16-,26-24-,32-30-,35-34-,38-37-. The van der Waals surface area contributed by atoms with Crippen molar-refractivity contribution in [1.29, 1.82) is 0 Å². The van der Waals surface area contributed by atoms with Crippen LogP contribution in [0.25, 0.3) is 0 Å². The fourth-order valence-corrected chi connectivity index (χ4v) is 10.5. The van der Waals surface area contributed by atoms with Crippen molar-refractivity contribution in [2.45, 2.75) is 374 Å². The summed E-state index contributed by atoms with van der Waals surface area (Å²) in [4.78, 5) is 38.4. The van der Waals surface area contributed by atoms with Crippen LogP contribution in [0, 0.1) is 0 Å². The summed E-state index contributed by atoms with van der Waals surface area (Å²) < 4.78 is 17.0. The SMILES string of the molecule is CC/C=C\C/C=C\C/C=C\C/C=C\C/C=C\C/C=C\CCCCCCCCCCCCCCC(=O)OCC(COC(=O)CCCCCCCCCCCCC)OC(=O)CCCCCCCCCCCCCCCCCCCCCCC. The Balaban J connectivity index is 4.18. The van der Waals surface area contributed by atoms with Crippen LogP contribution in [-0.2, 0) is 28.6 Å². The first-order chi connectivity index (χ1) is 40.0. The van der Waals surface area contributed by atoms with Crippen molar-refractivity contribution in [1.82, 2.24) is 0 Å². The maximum absolute atomic E-state index is 12.9. The Hall–Kier alpha value is -3.15. The average molecular weight is 1130 g/mol. The smallest absolute Gasteiger partial charge is 0.306 e. The Morgan fingerprint density at radius 2 is 0.481 bits per heavy atom. The number of unbranched alkanes of at least 4 members (excludes halogenated alkanes) is 42. The van der Waals surface area contributed by atoms with Crippen LogP contribution in [0.15, 0.2) is 72.9 Å². The molecule has 0 radical (unpaired) electrons. The van der Waals surface area contributed by atoms with Crippen molar-refractivity contribution in [2.24, 2.45) is 0 Å². The molecule has 0 heterocycles. The van der Waals surface area contributed by atoms with E-state index in [2.05, 4.69) is 93.7 Å². The monoisotopic (exact) mass is 1130 g/mol. The van der Waals surface area contributed by atoms with Crippen molar-refractivity contribution in [2.75, 3.05) is 13.2 Å². The summed E-state index contributed by atoms with van der Waals surface area (Å²) in [6, 6.07) is 0. The Morgan fingerprint density at radius 1 is 0.259 bits per heavy atom. The van der Waals surface area contributed by atoms with Gasteiger partial charge in [0.25, 0.3) is 0 Å². The van der Waals surface area contributed by atoms with Crippen molar-refractivity contribution in [3.63, 3.8) is 0 Å². The van der Waals surface area contributed by atoms with Gasteiger partial charge < -0.3 is 14.2 Å². The summed E-state index contributed by atoms with van der Waals surface area (Å²) in [6.07, 6.45) is 90.8. The second kappa shape index (κ2) is 69.3. The van der Waals surface area contributed by atoms with E-state index >= 15 is 0 Å². The number of esters is 3. The van der Waals surface area contributed by atoms with Gasteiger partial charge in [0.15, 0.2) is 6.10 Å². The van der Waals surface area contributed by atoms with E-state index in [1.165, 1.54) is 231 Å². The maximum Gasteiger partial charge on any atom is 0.306 e. The Morgan fingerprint density at radius 3 is 0.753 bits per heavy atom. The van der Waals surface area contributed by atoms with E-state index in [-0.39, 0.29) is 31.1 Å². The molecule has 0 N–H and O–H groups in total. The van der Waals surface area contributed by atoms with Crippen molar-refractivity contribution in [3.05, 3.63) is 72.9 Å². The predicted molar refractivity (Wildman–Crippen MR) is 353 cm³/mol. The number of allylic oxidation sites excluding steroid dienone is 12. The second-order valence-electron chi connectivity index (χ2n) is 23.8. The number of hydrogen-bond donors (Lipinski definition) is 0. The van der Waals surface area contributed by atoms with E-state index in [0.29, 0.717) is 19.3 Å². The van der Waals surface area contributed by atoms with Crippen LogP contribution in [-0.4, -0.2) is 37.2 Å². The molecule has 6 nitrogen and oxygen atoms in total. The lowest BCUT2D eigenvalue weighted by Crippen LogP contribution is -2.30. The average Bonchev–Trinajstić information content (AvgIpc) is 3.47. The first-order valence-electron chi connectivity index (χ1n) is 35.4. The topological polar surface area (TPSA) is 78.9 Å². The Labute approximate surface area is 503 Å². The molecule has 0 aliphatic carbocycles. The molecule has 0 aromatic heterocycles. The lowest BCUT2D eigenvalue weighted by molar-refractivity contribution is -0.167. The fourth-order valence-electron chi connectivity index (χ4n) is 10.5. The molecule has 0 rings (SSSR count). The molecule has 0 saturated heterocycles. The highest BCUT2D eigenvalue weighted by Crippen LogP contribution is 2.18. The van der Waals surface area contributed by atoms with Crippen molar-refractivity contribution >= 4 is 17.9 Å². The normalized spacial score (nSPS) is 12.5. The molecule has 0 saturated carbocycles. The third-order valence-electron chi connectivity index (χ3n) is 15.7. The van der Waals surface area contributed by atoms with Crippen LogP contribution in [0.4, 0.5) is 0 Å². The number of carbonyl (C=O) groups excluding carboxylic acids is 3. The van der Waals surface area contributed by atoms with Gasteiger partial charge in [0, 0.05) is 19.3 Å². The van der Waals surface area contributed by atoms with E-state index in [1.54, 1.807) is 0 Å². The highest BCUT2D eigenvalue weighted by Gasteiger charge is 2.19. The lowest BCUT2D eigenvalue weighted by Gasteiger charge is -2.18. The molecule has 0 aliphatic rings. The molecule has 0 aliphatic heterocycles. The molecule has 0 fully saturated rings. The van der Waals surface area contributed by atoms with Crippen LogP contribution in [0.5, 0.6) is 0 Å². The number of carbonyl (C=O) groups is 3. The van der Waals surface area contributed by atoms with Crippen LogP contribution >= 0.6 is 0 Å². The molecule has 6 heteroatoms. The van der Waals surface area contributed by atoms with Gasteiger partial charge >= 0.3 is 17.9 Å². The van der Waals surface area contributed by atoms with Gasteiger partial charge in [-0.25, -0.2) is 0 Å². The fraction of sp³-hybridized carbons (Fsp3) is 0.800. The van der Waals surface area contributed by atoms with Crippen molar-refractivity contribution < 1.29 is 28.6 Å².